The molecule has 0 saturated heterocycles. The van der Waals surface area contributed by atoms with Crippen molar-refractivity contribution in [2.24, 2.45) is 5.73 Å². The largest absolute Gasteiger partial charge is 0.472 e. The predicted octanol–water partition coefficient (Wildman–Crippen LogP) is 15.5. The van der Waals surface area contributed by atoms with E-state index < -0.39 is 32.5 Å². The second kappa shape index (κ2) is 48.0. The Morgan fingerprint density at radius 1 is 0.492 bits per heavy atom. The van der Waals surface area contributed by atoms with Crippen LogP contribution in [-0.4, -0.2) is 49.3 Å². The van der Waals surface area contributed by atoms with E-state index in [1.54, 1.807) is 0 Å². The Hall–Kier alpha value is -1.51. The summed E-state index contributed by atoms with van der Waals surface area (Å²) in [5.41, 5.74) is 5.36. The number of esters is 2. The van der Waals surface area contributed by atoms with E-state index >= 15 is 0 Å². The van der Waals surface area contributed by atoms with Gasteiger partial charge in [-0.05, 0) is 38.5 Å². The fourth-order valence-corrected chi connectivity index (χ4v) is 8.27. The van der Waals surface area contributed by atoms with E-state index in [0.29, 0.717) is 12.8 Å². The van der Waals surface area contributed by atoms with Gasteiger partial charge in [-0.1, -0.05) is 231 Å². The lowest BCUT2D eigenvalue weighted by Crippen LogP contribution is -2.29. The Morgan fingerprint density at radius 3 is 1.30 bits per heavy atom. The fourth-order valence-electron chi connectivity index (χ4n) is 7.50. The summed E-state index contributed by atoms with van der Waals surface area (Å²) in [6, 6.07) is 0. The lowest BCUT2D eigenvalue weighted by molar-refractivity contribution is -0.161. The third-order valence-corrected chi connectivity index (χ3v) is 12.3. The van der Waals surface area contributed by atoms with Crippen molar-refractivity contribution in [2.75, 3.05) is 26.4 Å². The normalized spacial score (nSPS) is 13.3. The summed E-state index contributed by atoms with van der Waals surface area (Å²) in [5, 5.41) is 0. The van der Waals surface area contributed by atoms with Crippen LogP contribution in [0, 0.1) is 0 Å². The van der Waals surface area contributed by atoms with Gasteiger partial charge in [0.15, 0.2) is 6.10 Å². The Balaban J connectivity index is 4.04. The molecular formula is C51H98NO8P. The first-order chi connectivity index (χ1) is 29.8. The van der Waals surface area contributed by atoms with E-state index in [4.69, 9.17) is 24.3 Å². The molecule has 61 heavy (non-hydrogen) atoms. The summed E-state index contributed by atoms with van der Waals surface area (Å²) in [6.45, 7) is 3.74. The number of carbonyl (C=O) groups excluding carboxylic acids is 2. The molecule has 0 saturated carbocycles. The maximum Gasteiger partial charge on any atom is 0.472 e. The number of phosphoric ester groups is 1. The van der Waals surface area contributed by atoms with Gasteiger partial charge in [0.05, 0.1) is 13.2 Å². The van der Waals surface area contributed by atoms with Gasteiger partial charge in [-0.15, -0.1) is 0 Å². The Kier molecular flexibility index (Phi) is 46.8. The first-order valence-electron chi connectivity index (χ1n) is 25.8. The van der Waals surface area contributed by atoms with Crippen molar-refractivity contribution in [1.29, 1.82) is 0 Å². The van der Waals surface area contributed by atoms with Crippen LogP contribution in [0.1, 0.15) is 258 Å². The molecule has 0 aromatic carbocycles. The third-order valence-electron chi connectivity index (χ3n) is 11.3. The van der Waals surface area contributed by atoms with Crippen LogP contribution in [0.15, 0.2) is 24.3 Å². The fraction of sp³-hybridized carbons (Fsp3) is 0.882. The van der Waals surface area contributed by atoms with Gasteiger partial charge in [-0.2, -0.15) is 0 Å². The summed E-state index contributed by atoms with van der Waals surface area (Å²) in [5.74, 6) is -0.868. The molecule has 3 N–H and O–H groups in total. The zero-order valence-corrected chi connectivity index (χ0v) is 40.8. The highest BCUT2D eigenvalue weighted by atomic mass is 31.2. The number of hydrogen-bond acceptors (Lipinski definition) is 8. The number of ether oxygens (including phenoxy) is 2. The highest BCUT2D eigenvalue weighted by Crippen LogP contribution is 2.43. The van der Waals surface area contributed by atoms with E-state index in [-0.39, 0.29) is 32.6 Å². The van der Waals surface area contributed by atoms with Crippen LogP contribution < -0.4 is 5.73 Å². The molecule has 0 heterocycles. The van der Waals surface area contributed by atoms with Crippen molar-refractivity contribution in [3.63, 3.8) is 0 Å². The van der Waals surface area contributed by atoms with Crippen molar-refractivity contribution in [2.45, 2.75) is 264 Å². The number of nitrogens with two attached hydrogens (primary N) is 1. The minimum atomic E-state index is -4.39. The molecule has 2 atom stereocenters. The first-order valence-corrected chi connectivity index (χ1v) is 27.3. The highest BCUT2D eigenvalue weighted by molar-refractivity contribution is 7.47. The number of phosphoric acid groups is 1. The van der Waals surface area contributed by atoms with Crippen LogP contribution in [0.5, 0.6) is 0 Å². The lowest BCUT2D eigenvalue weighted by Gasteiger charge is -2.19. The molecule has 360 valence electrons. The molecule has 0 rings (SSSR count). The number of unbranched alkanes of at least 4 members (excludes halogenated alkanes) is 32. The quantitative estimate of drug-likeness (QED) is 0.0265. The summed E-state index contributed by atoms with van der Waals surface area (Å²) in [7, 11) is -4.39. The molecule has 0 aliphatic rings. The summed E-state index contributed by atoms with van der Waals surface area (Å²) < 4.78 is 32.9. The summed E-state index contributed by atoms with van der Waals surface area (Å²) in [4.78, 5) is 35.0. The predicted molar refractivity (Wildman–Crippen MR) is 257 cm³/mol. The average molecular weight is 884 g/mol. The smallest absolute Gasteiger partial charge is 0.462 e. The first kappa shape index (κ1) is 59.5. The molecule has 0 aromatic rings. The van der Waals surface area contributed by atoms with Gasteiger partial charge in [-0.3, -0.25) is 18.6 Å². The number of carbonyl (C=O) groups is 2. The molecule has 0 spiro atoms. The molecule has 10 heteroatoms. The highest BCUT2D eigenvalue weighted by Gasteiger charge is 2.26. The molecular weight excluding hydrogens is 786 g/mol. The van der Waals surface area contributed by atoms with Crippen molar-refractivity contribution >= 4 is 19.8 Å². The molecule has 9 nitrogen and oxygen atoms in total. The van der Waals surface area contributed by atoms with Crippen LogP contribution in [0.4, 0.5) is 0 Å². The van der Waals surface area contributed by atoms with Gasteiger partial charge in [-0.25, -0.2) is 4.57 Å². The van der Waals surface area contributed by atoms with Crippen molar-refractivity contribution < 1.29 is 37.6 Å². The summed E-state index contributed by atoms with van der Waals surface area (Å²) in [6.07, 6.45) is 53.8. The second-order valence-corrected chi connectivity index (χ2v) is 18.9. The number of rotatable bonds is 49. The van der Waals surface area contributed by atoms with Gasteiger partial charge in [0.1, 0.15) is 6.61 Å². The van der Waals surface area contributed by atoms with Crippen LogP contribution in [-0.2, 0) is 32.7 Å². The van der Waals surface area contributed by atoms with E-state index in [2.05, 4.69) is 38.2 Å². The van der Waals surface area contributed by atoms with E-state index in [1.807, 2.05) is 0 Å². The summed E-state index contributed by atoms with van der Waals surface area (Å²) >= 11 is 0. The minimum absolute atomic E-state index is 0.0504. The molecule has 0 aliphatic carbocycles. The van der Waals surface area contributed by atoms with Crippen LogP contribution in [0.25, 0.3) is 0 Å². The molecule has 0 amide bonds. The molecule has 0 bridgehead atoms. The zero-order valence-electron chi connectivity index (χ0n) is 39.9. The van der Waals surface area contributed by atoms with Gasteiger partial charge >= 0.3 is 19.8 Å². The second-order valence-electron chi connectivity index (χ2n) is 17.4. The Labute approximate surface area is 376 Å². The number of allylic oxidation sites excluding steroid dienone is 4. The van der Waals surface area contributed by atoms with Gasteiger partial charge in [0.2, 0.25) is 0 Å². The zero-order chi connectivity index (χ0) is 44.6. The van der Waals surface area contributed by atoms with Gasteiger partial charge < -0.3 is 20.1 Å². The SMILES string of the molecule is CCCCCCCCCCC/C=C/C/C=C/CCCC(=O)OC[C@H](COP(=O)(O)OCCN)OC(=O)CCCCCCCCCCCCCCCCCCCCCCCCC. The van der Waals surface area contributed by atoms with Crippen molar-refractivity contribution in [3.05, 3.63) is 24.3 Å². The molecule has 0 aliphatic heterocycles. The van der Waals surface area contributed by atoms with Gasteiger partial charge in [0.25, 0.3) is 0 Å². The Morgan fingerprint density at radius 2 is 0.869 bits per heavy atom. The molecule has 0 aromatic heterocycles. The van der Waals surface area contributed by atoms with Crippen molar-refractivity contribution in [1.82, 2.24) is 0 Å². The number of hydrogen-bond donors (Lipinski definition) is 2. The average Bonchev–Trinajstić information content (AvgIpc) is 3.25. The van der Waals surface area contributed by atoms with E-state index in [9.17, 15) is 19.0 Å². The Bertz CT molecular complexity index is 1050. The minimum Gasteiger partial charge on any atom is -0.462 e. The van der Waals surface area contributed by atoms with E-state index in [0.717, 1.165) is 32.1 Å². The molecule has 0 radical (unpaired) electrons. The third kappa shape index (κ3) is 47.8. The maximum absolute atomic E-state index is 12.6. The topological polar surface area (TPSA) is 134 Å². The molecule has 0 fully saturated rings. The van der Waals surface area contributed by atoms with E-state index in [1.165, 1.54) is 186 Å². The monoisotopic (exact) mass is 884 g/mol. The lowest BCUT2D eigenvalue weighted by atomic mass is 10.0. The van der Waals surface area contributed by atoms with Crippen molar-refractivity contribution in [3.8, 4) is 0 Å². The van der Waals surface area contributed by atoms with Crippen LogP contribution in [0.3, 0.4) is 0 Å². The van der Waals surface area contributed by atoms with Crippen LogP contribution >= 0.6 is 7.82 Å². The van der Waals surface area contributed by atoms with Gasteiger partial charge in [0, 0.05) is 19.4 Å². The van der Waals surface area contributed by atoms with Crippen LogP contribution in [0.2, 0.25) is 0 Å². The standard InChI is InChI=1S/C51H98NO8P/c1-3-5-7-9-11-13-15-17-19-21-22-23-24-25-26-28-30-32-34-36-38-40-42-44-51(54)60-49(48-59-61(55,56)58-46-45-52)47-57-50(53)43-41-39-37-35-33-31-29-27-20-18-16-14-12-10-8-6-4-2/h29,31,35,37,49H,3-28,30,32-34,36,38-48,52H2,1-2H3,(H,55,56)/b31-29+,37-35+/t49-/m1/s1. The maximum atomic E-state index is 12.6. The molecule has 1 unspecified atom stereocenters.